The Bertz CT molecular complexity index is 1320. The monoisotopic (exact) mass is 447 g/mol. The molecular formula is C27H17ClF3N. The number of aliphatic imine (C=N–C) groups is 1. The Kier molecular flexibility index (Phi) is 5.10. The maximum Gasteiger partial charge on any atom is 0.416 e. The highest BCUT2D eigenvalue weighted by Crippen LogP contribution is 2.39. The van der Waals surface area contributed by atoms with Gasteiger partial charge >= 0.3 is 6.18 Å². The van der Waals surface area contributed by atoms with Gasteiger partial charge in [-0.15, -0.1) is 0 Å². The van der Waals surface area contributed by atoms with E-state index in [1.54, 1.807) is 0 Å². The standard InChI is InChI=1S/C27H17ClF3N/c28-20-13-14-23-22-8-4-7-21(17-9-11-19(12-10-17)27(29,30)31)25(22)16-32-26(24(23)15-20)18-5-2-1-3-6-18/h1-15H,16H2. The number of halogens is 4. The van der Waals surface area contributed by atoms with Crippen LogP contribution < -0.4 is 0 Å². The highest BCUT2D eigenvalue weighted by atomic mass is 35.5. The van der Waals surface area contributed by atoms with Gasteiger partial charge in [-0.2, -0.15) is 13.2 Å². The summed E-state index contributed by atoms with van der Waals surface area (Å²) in [7, 11) is 0. The summed E-state index contributed by atoms with van der Waals surface area (Å²) >= 11 is 6.34. The molecule has 0 N–H and O–H groups in total. The van der Waals surface area contributed by atoms with Gasteiger partial charge in [0.2, 0.25) is 0 Å². The fraction of sp³-hybridized carbons (Fsp3) is 0.0741. The Hall–Kier alpha value is -3.37. The van der Waals surface area contributed by atoms with Crippen molar-refractivity contribution in [3.63, 3.8) is 0 Å². The van der Waals surface area contributed by atoms with Gasteiger partial charge in [0, 0.05) is 16.1 Å². The molecule has 0 bridgehead atoms. The topological polar surface area (TPSA) is 12.4 Å². The van der Waals surface area contributed by atoms with E-state index in [0.717, 1.165) is 56.8 Å². The fourth-order valence-electron chi connectivity index (χ4n) is 4.15. The molecule has 1 aliphatic heterocycles. The van der Waals surface area contributed by atoms with E-state index < -0.39 is 11.7 Å². The molecular weight excluding hydrogens is 431 g/mol. The third-order valence-corrected chi connectivity index (χ3v) is 5.90. The molecule has 0 radical (unpaired) electrons. The van der Waals surface area contributed by atoms with Crippen LogP contribution in [0.3, 0.4) is 0 Å². The molecule has 1 aliphatic rings. The predicted molar refractivity (Wildman–Crippen MR) is 123 cm³/mol. The lowest BCUT2D eigenvalue weighted by molar-refractivity contribution is -0.137. The lowest BCUT2D eigenvalue weighted by atomic mass is 9.89. The van der Waals surface area contributed by atoms with Gasteiger partial charge < -0.3 is 0 Å². The summed E-state index contributed by atoms with van der Waals surface area (Å²) in [6.45, 7) is 0.406. The molecule has 0 atom stereocenters. The maximum atomic E-state index is 13.0. The third-order valence-electron chi connectivity index (χ3n) is 5.67. The first-order valence-electron chi connectivity index (χ1n) is 10.1. The van der Waals surface area contributed by atoms with E-state index in [-0.39, 0.29) is 0 Å². The first-order valence-corrected chi connectivity index (χ1v) is 10.5. The van der Waals surface area contributed by atoms with Crippen LogP contribution in [0.1, 0.15) is 22.3 Å². The van der Waals surface area contributed by atoms with Crippen LogP contribution in [0.4, 0.5) is 13.2 Å². The van der Waals surface area contributed by atoms with Gasteiger partial charge in [0.15, 0.2) is 0 Å². The molecule has 0 saturated heterocycles. The van der Waals surface area contributed by atoms with Crippen molar-refractivity contribution in [2.45, 2.75) is 12.7 Å². The largest absolute Gasteiger partial charge is 0.416 e. The molecule has 0 unspecified atom stereocenters. The Morgan fingerprint density at radius 1 is 0.656 bits per heavy atom. The summed E-state index contributed by atoms with van der Waals surface area (Å²) < 4.78 is 39.1. The number of hydrogen-bond acceptors (Lipinski definition) is 1. The number of alkyl halides is 3. The zero-order valence-corrected chi connectivity index (χ0v) is 17.6. The Balaban J connectivity index is 1.70. The van der Waals surface area contributed by atoms with E-state index in [1.807, 2.05) is 66.7 Å². The molecule has 158 valence electrons. The summed E-state index contributed by atoms with van der Waals surface area (Å²) in [6, 6.07) is 26.8. The molecule has 5 rings (SSSR count). The van der Waals surface area contributed by atoms with Gasteiger partial charge in [0.1, 0.15) is 0 Å². The summed E-state index contributed by atoms with van der Waals surface area (Å²) in [4.78, 5) is 4.94. The van der Waals surface area contributed by atoms with E-state index in [0.29, 0.717) is 11.6 Å². The van der Waals surface area contributed by atoms with Crippen molar-refractivity contribution in [3.05, 3.63) is 118 Å². The van der Waals surface area contributed by atoms with Crippen molar-refractivity contribution in [3.8, 4) is 22.3 Å². The van der Waals surface area contributed by atoms with E-state index in [4.69, 9.17) is 16.6 Å². The number of fused-ring (bicyclic) bond motifs is 3. The van der Waals surface area contributed by atoms with Crippen LogP contribution >= 0.6 is 11.6 Å². The van der Waals surface area contributed by atoms with Gasteiger partial charge in [-0.25, -0.2) is 0 Å². The second kappa shape index (κ2) is 7.95. The summed E-state index contributed by atoms with van der Waals surface area (Å²) in [5.74, 6) is 0. The number of benzene rings is 4. The second-order valence-corrected chi connectivity index (χ2v) is 8.06. The number of nitrogens with zero attached hydrogens (tertiary/aromatic N) is 1. The van der Waals surface area contributed by atoms with E-state index in [2.05, 4.69) is 0 Å². The average molecular weight is 448 g/mol. The maximum absolute atomic E-state index is 13.0. The van der Waals surface area contributed by atoms with Crippen LogP contribution in [0, 0.1) is 0 Å². The minimum Gasteiger partial charge on any atom is -0.279 e. The van der Waals surface area contributed by atoms with Crippen LogP contribution in [-0.4, -0.2) is 5.71 Å². The Morgan fingerprint density at radius 2 is 1.38 bits per heavy atom. The van der Waals surface area contributed by atoms with Crippen LogP contribution in [-0.2, 0) is 12.7 Å². The number of rotatable bonds is 2. The fourth-order valence-corrected chi connectivity index (χ4v) is 4.32. The zero-order valence-electron chi connectivity index (χ0n) is 16.8. The van der Waals surface area contributed by atoms with Crippen LogP contribution in [0.25, 0.3) is 22.3 Å². The average Bonchev–Trinajstić information content (AvgIpc) is 2.95. The van der Waals surface area contributed by atoms with Gasteiger partial charge in [0.25, 0.3) is 0 Å². The Labute approximate surface area is 188 Å². The summed E-state index contributed by atoms with van der Waals surface area (Å²) in [5, 5.41) is 0.620. The van der Waals surface area contributed by atoms with Gasteiger partial charge in [-0.05, 0) is 52.1 Å². The van der Waals surface area contributed by atoms with Crippen molar-refractivity contribution in [1.29, 1.82) is 0 Å². The minimum atomic E-state index is -4.36. The molecule has 4 aromatic carbocycles. The highest BCUT2D eigenvalue weighted by molar-refractivity contribution is 6.31. The van der Waals surface area contributed by atoms with Crippen molar-refractivity contribution in [2.75, 3.05) is 0 Å². The third kappa shape index (κ3) is 3.71. The second-order valence-electron chi connectivity index (χ2n) is 7.63. The number of hydrogen-bond donors (Lipinski definition) is 0. The van der Waals surface area contributed by atoms with Gasteiger partial charge in [0.05, 0.1) is 17.8 Å². The van der Waals surface area contributed by atoms with Crippen molar-refractivity contribution in [2.24, 2.45) is 4.99 Å². The van der Waals surface area contributed by atoms with Gasteiger partial charge in [-0.1, -0.05) is 78.3 Å². The lowest BCUT2D eigenvalue weighted by Gasteiger charge is -2.15. The molecule has 5 heteroatoms. The minimum absolute atomic E-state index is 0.406. The lowest BCUT2D eigenvalue weighted by Crippen LogP contribution is -2.04. The first-order chi connectivity index (χ1) is 15.4. The summed E-state index contributed by atoms with van der Waals surface area (Å²) in [6.07, 6.45) is -4.36. The molecule has 0 fully saturated rings. The molecule has 0 aliphatic carbocycles. The van der Waals surface area contributed by atoms with Crippen molar-refractivity contribution < 1.29 is 13.2 Å². The molecule has 1 nitrogen and oxygen atoms in total. The van der Waals surface area contributed by atoms with E-state index in [1.165, 1.54) is 12.1 Å². The normalized spacial score (nSPS) is 13.1. The molecule has 0 spiro atoms. The SMILES string of the molecule is FC(F)(F)c1ccc(-c2cccc3c2CN=C(c2ccccc2)c2cc(Cl)ccc2-3)cc1. The van der Waals surface area contributed by atoms with Crippen LogP contribution in [0.5, 0.6) is 0 Å². The smallest absolute Gasteiger partial charge is 0.279 e. The van der Waals surface area contributed by atoms with Crippen molar-refractivity contribution >= 4 is 17.3 Å². The molecule has 4 aromatic rings. The molecule has 1 heterocycles. The molecule has 32 heavy (non-hydrogen) atoms. The van der Waals surface area contributed by atoms with E-state index >= 15 is 0 Å². The quantitative estimate of drug-likeness (QED) is 0.295. The van der Waals surface area contributed by atoms with Gasteiger partial charge in [-0.3, -0.25) is 4.99 Å². The van der Waals surface area contributed by atoms with E-state index in [9.17, 15) is 13.2 Å². The molecule has 0 aromatic heterocycles. The summed E-state index contributed by atoms with van der Waals surface area (Å²) in [5.41, 5.74) is 6.68. The molecule has 0 amide bonds. The predicted octanol–water partition coefficient (Wildman–Crippen LogP) is 8.04. The van der Waals surface area contributed by atoms with Crippen molar-refractivity contribution in [1.82, 2.24) is 0 Å². The first kappa shape index (κ1) is 20.5. The Morgan fingerprint density at radius 3 is 2.09 bits per heavy atom. The van der Waals surface area contributed by atoms with Crippen LogP contribution in [0.15, 0.2) is 96.0 Å². The highest BCUT2D eigenvalue weighted by Gasteiger charge is 2.30. The van der Waals surface area contributed by atoms with Crippen LogP contribution in [0.2, 0.25) is 5.02 Å². The zero-order chi connectivity index (χ0) is 22.3. The molecule has 0 saturated carbocycles.